The van der Waals surface area contributed by atoms with Gasteiger partial charge in [-0.25, -0.2) is 9.34 Å². The van der Waals surface area contributed by atoms with Crippen LogP contribution >= 0.6 is 7.44 Å². The van der Waals surface area contributed by atoms with Gasteiger partial charge in [-0.2, -0.15) is 0 Å². The molecule has 0 saturated carbocycles. The molecule has 0 spiro atoms. The molecule has 3 nitrogen and oxygen atoms in total. The molecule has 1 fully saturated rings. The Balaban J connectivity index is 2.97. The second kappa shape index (κ2) is 4.82. The predicted octanol–water partition coefficient (Wildman–Crippen LogP) is 2.80. The summed E-state index contributed by atoms with van der Waals surface area (Å²) in [6.45, 7) is 14.0. The molecule has 4 heteroatoms. The van der Waals surface area contributed by atoms with Crippen LogP contribution in [0.5, 0.6) is 0 Å². The van der Waals surface area contributed by atoms with Crippen molar-refractivity contribution in [2.45, 2.75) is 39.8 Å². The van der Waals surface area contributed by atoms with Gasteiger partial charge in [0.1, 0.15) is 0 Å². The Labute approximate surface area is 93.6 Å². The topological polar surface area (TPSA) is 23.6 Å². The maximum absolute atomic E-state index is 12.9. The van der Waals surface area contributed by atoms with E-state index in [9.17, 15) is 4.57 Å². The fourth-order valence-corrected chi connectivity index (χ4v) is 5.58. The lowest BCUT2D eigenvalue weighted by Crippen LogP contribution is -2.29. The van der Waals surface area contributed by atoms with Crippen molar-refractivity contribution in [2.75, 3.05) is 19.3 Å². The minimum Gasteiger partial charge on any atom is -0.288 e. The quantitative estimate of drug-likeness (QED) is 0.548. The van der Waals surface area contributed by atoms with Crippen molar-refractivity contribution in [2.24, 2.45) is 0 Å². The zero-order valence-electron chi connectivity index (χ0n) is 10.3. The van der Waals surface area contributed by atoms with E-state index >= 15 is 0 Å². The van der Waals surface area contributed by atoms with E-state index < -0.39 is 7.44 Å². The Morgan fingerprint density at radius 2 is 1.60 bits per heavy atom. The lowest BCUT2D eigenvalue weighted by molar-refractivity contribution is 0.382. The summed E-state index contributed by atoms with van der Waals surface area (Å²) >= 11 is 0. The highest BCUT2D eigenvalue weighted by Crippen LogP contribution is 2.58. The molecule has 88 valence electrons. The van der Waals surface area contributed by atoms with Crippen LogP contribution in [-0.2, 0) is 4.57 Å². The third-order valence-corrected chi connectivity index (χ3v) is 6.58. The lowest BCUT2D eigenvalue weighted by atomic mass is 10.3. The van der Waals surface area contributed by atoms with E-state index in [4.69, 9.17) is 0 Å². The van der Waals surface area contributed by atoms with Crippen LogP contribution in [0.15, 0.2) is 12.7 Å². The van der Waals surface area contributed by atoms with Gasteiger partial charge in [-0.3, -0.25) is 4.57 Å². The highest BCUT2D eigenvalue weighted by Gasteiger charge is 2.43. The minimum absolute atomic E-state index is 0.347. The van der Waals surface area contributed by atoms with Gasteiger partial charge < -0.3 is 0 Å². The van der Waals surface area contributed by atoms with Gasteiger partial charge in [-0.05, 0) is 27.7 Å². The Bertz CT molecular complexity index is 256. The number of hydrogen-bond acceptors (Lipinski definition) is 1. The monoisotopic (exact) mass is 230 g/mol. The van der Waals surface area contributed by atoms with Crippen molar-refractivity contribution in [1.82, 2.24) is 9.34 Å². The molecule has 0 bridgehead atoms. The molecule has 1 heterocycles. The zero-order valence-corrected chi connectivity index (χ0v) is 11.2. The normalized spacial score (nSPS) is 22.8. The second-order valence-corrected chi connectivity index (χ2v) is 7.37. The molecule has 15 heavy (non-hydrogen) atoms. The van der Waals surface area contributed by atoms with Crippen LogP contribution in [0.25, 0.3) is 0 Å². The summed E-state index contributed by atoms with van der Waals surface area (Å²) in [5.74, 6) is 0. The smallest absolute Gasteiger partial charge is 0.220 e. The Hall–Kier alpha value is -0.110. The van der Waals surface area contributed by atoms with Crippen molar-refractivity contribution in [3.8, 4) is 0 Å². The molecule has 0 radical (unpaired) electrons. The van der Waals surface area contributed by atoms with Crippen LogP contribution in [-0.4, -0.2) is 40.7 Å². The average Bonchev–Trinajstić information content (AvgIpc) is 2.43. The third kappa shape index (κ3) is 2.35. The molecule has 1 aliphatic rings. The molecule has 1 aliphatic heterocycles. The van der Waals surface area contributed by atoms with E-state index in [-0.39, 0.29) is 0 Å². The number of allylic oxidation sites excluding steroid dienone is 1. The molecular weight excluding hydrogens is 207 g/mol. The summed E-state index contributed by atoms with van der Waals surface area (Å²) < 4.78 is 17.2. The Morgan fingerprint density at radius 1 is 1.20 bits per heavy atom. The van der Waals surface area contributed by atoms with Gasteiger partial charge in [0.25, 0.3) is 0 Å². The molecule has 0 atom stereocenters. The molecule has 0 N–H and O–H groups in total. The summed E-state index contributed by atoms with van der Waals surface area (Å²) in [7, 11) is -2.35. The zero-order chi connectivity index (χ0) is 11.6. The first-order valence-electron chi connectivity index (χ1n) is 5.67. The average molecular weight is 230 g/mol. The van der Waals surface area contributed by atoms with E-state index in [1.165, 1.54) is 0 Å². The van der Waals surface area contributed by atoms with Gasteiger partial charge in [0.05, 0.1) is 0 Å². The van der Waals surface area contributed by atoms with Gasteiger partial charge in [-0.15, -0.1) is 6.58 Å². The summed E-state index contributed by atoms with van der Waals surface area (Å²) in [4.78, 5) is 0. The standard InChI is InChI=1S/C11H23N2OP/c1-6-9-15(14)12(10(2)3)7-8-13(15)11(4)5/h6,10-11H,1,7-9H2,2-5H3. The summed E-state index contributed by atoms with van der Waals surface area (Å²) in [5.41, 5.74) is 0. The molecule has 0 unspecified atom stereocenters. The fourth-order valence-electron chi connectivity index (χ4n) is 2.28. The highest BCUT2D eigenvalue weighted by atomic mass is 31.2. The molecular formula is C11H23N2OP. The maximum atomic E-state index is 12.9. The third-order valence-electron chi connectivity index (χ3n) is 2.92. The van der Waals surface area contributed by atoms with Crippen LogP contribution in [0.4, 0.5) is 0 Å². The van der Waals surface area contributed by atoms with E-state index in [0.717, 1.165) is 13.1 Å². The summed E-state index contributed by atoms with van der Waals surface area (Å²) in [6, 6.07) is 0.694. The van der Waals surface area contributed by atoms with Crippen LogP contribution in [0, 0.1) is 0 Å². The molecule has 0 aromatic heterocycles. The Kier molecular flexibility index (Phi) is 4.16. The highest BCUT2D eigenvalue weighted by molar-refractivity contribution is 7.59. The van der Waals surface area contributed by atoms with E-state index in [2.05, 4.69) is 43.6 Å². The van der Waals surface area contributed by atoms with Gasteiger partial charge in [-0.1, -0.05) is 6.08 Å². The largest absolute Gasteiger partial charge is 0.288 e. The predicted molar refractivity (Wildman–Crippen MR) is 66.4 cm³/mol. The summed E-state index contributed by atoms with van der Waals surface area (Å²) in [6.07, 6.45) is 2.39. The molecule has 1 rings (SSSR count). The maximum Gasteiger partial charge on any atom is 0.220 e. The van der Waals surface area contributed by atoms with Crippen molar-refractivity contribution in [3.05, 3.63) is 12.7 Å². The lowest BCUT2D eigenvalue weighted by Gasteiger charge is -2.33. The van der Waals surface area contributed by atoms with Gasteiger partial charge >= 0.3 is 0 Å². The number of nitrogens with zero attached hydrogens (tertiary/aromatic N) is 2. The summed E-state index contributed by atoms with van der Waals surface area (Å²) in [5, 5.41) is 0. The van der Waals surface area contributed by atoms with Crippen molar-refractivity contribution in [1.29, 1.82) is 0 Å². The van der Waals surface area contributed by atoms with Crippen LogP contribution < -0.4 is 0 Å². The van der Waals surface area contributed by atoms with Crippen LogP contribution in [0.3, 0.4) is 0 Å². The first-order valence-corrected chi connectivity index (χ1v) is 7.47. The molecule has 1 saturated heterocycles. The van der Waals surface area contributed by atoms with E-state index in [0.29, 0.717) is 18.2 Å². The molecule has 0 amide bonds. The van der Waals surface area contributed by atoms with Crippen LogP contribution in [0.1, 0.15) is 27.7 Å². The number of hydrogen-bond donors (Lipinski definition) is 0. The van der Waals surface area contributed by atoms with E-state index in [1.807, 2.05) is 0 Å². The molecule has 0 aromatic carbocycles. The first kappa shape index (κ1) is 13.0. The SMILES string of the molecule is C=CCP1(=O)N(C(C)C)CCN1C(C)C. The second-order valence-electron chi connectivity index (χ2n) is 4.65. The van der Waals surface area contributed by atoms with Gasteiger partial charge in [0.2, 0.25) is 7.44 Å². The molecule has 0 aliphatic carbocycles. The van der Waals surface area contributed by atoms with Crippen LogP contribution in [0.2, 0.25) is 0 Å². The number of rotatable bonds is 4. The fraction of sp³-hybridized carbons (Fsp3) is 0.818. The van der Waals surface area contributed by atoms with Crippen molar-refractivity contribution in [3.63, 3.8) is 0 Å². The Morgan fingerprint density at radius 3 is 1.87 bits per heavy atom. The van der Waals surface area contributed by atoms with Crippen molar-refractivity contribution >= 4 is 7.44 Å². The molecule has 0 aromatic rings. The first-order chi connectivity index (χ1) is 6.93. The van der Waals surface area contributed by atoms with E-state index in [1.54, 1.807) is 6.08 Å². The van der Waals surface area contributed by atoms with Gasteiger partial charge in [0.15, 0.2) is 0 Å². The van der Waals surface area contributed by atoms with Crippen molar-refractivity contribution < 1.29 is 4.57 Å². The van der Waals surface area contributed by atoms with Gasteiger partial charge in [0, 0.05) is 31.3 Å². The minimum atomic E-state index is -2.35.